The fourth-order valence-corrected chi connectivity index (χ4v) is 2.97. The van der Waals surface area contributed by atoms with E-state index >= 15 is 0 Å². The molecule has 0 saturated heterocycles. The Hall–Kier alpha value is -3.21. The molecule has 31 heavy (non-hydrogen) atoms. The van der Waals surface area contributed by atoms with Crippen LogP contribution in [0, 0.1) is 6.92 Å². The van der Waals surface area contributed by atoms with Crippen molar-refractivity contribution >= 4 is 29.9 Å². The van der Waals surface area contributed by atoms with Gasteiger partial charge in [0.1, 0.15) is 12.6 Å². The number of nitrogens with one attached hydrogen (secondary N) is 3. The number of rotatable bonds is 6. The third kappa shape index (κ3) is 5.91. The normalized spacial score (nSPS) is 11.1. The van der Waals surface area contributed by atoms with Crippen molar-refractivity contribution in [3.8, 4) is 22.8 Å². The molecule has 0 amide bonds. The molecule has 0 saturated carbocycles. The van der Waals surface area contributed by atoms with Crippen molar-refractivity contribution in [1.29, 1.82) is 0 Å². The molecule has 0 spiro atoms. The number of nitrogens with zero attached hydrogens (tertiary/aromatic N) is 4. The zero-order valence-electron chi connectivity index (χ0n) is 17.3. The molecule has 4 aromatic rings. The van der Waals surface area contributed by atoms with E-state index in [2.05, 4.69) is 48.8 Å². The highest BCUT2D eigenvalue weighted by Gasteiger charge is 2.08. The van der Waals surface area contributed by atoms with Crippen LogP contribution in [0.2, 0.25) is 0 Å². The summed E-state index contributed by atoms with van der Waals surface area (Å²) in [5.74, 6) is 2.04. The first-order valence-electron chi connectivity index (χ1n) is 9.62. The molecule has 0 unspecified atom stereocenters. The number of H-pyrrole nitrogens is 1. The van der Waals surface area contributed by atoms with Gasteiger partial charge in [-0.25, -0.2) is 9.97 Å². The standard InChI is InChI=1S/C22H23N7O.HI/c1-15-6-8-17(9-7-15)21-28-19(13-30-21)12-25-22(23-2)24-11-16-4-3-5-18(10-16)20-26-14-27-29-20;/h3-10,13-14H,11-12H2,1-2H3,(H2,23,24,25)(H,26,27,29);1H. The van der Waals surface area contributed by atoms with E-state index in [1.54, 1.807) is 13.3 Å². The van der Waals surface area contributed by atoms with Gasteiger partial charge in [0.15, 0.2) is 11.8 Å². The summed E-state index contributed by atoms with van der Waals surface area (Å²) in [5, 5.41) is 13.3. The first-order chi connectivity index (χ1) is 14.7. The van der Waals surface area contributed by atoms with Crippen LogP contribution in [0.1, 0.15) is 16.8 Å². The lowest BCUT2D eigenvalue weighted by Gasteiger charge is -2.11. The van der Waals surface area contributed by atoms with E-state index in [0.717, 1.165) is 28.2 Å². The molecule has 0 aliphatic carbocycles. The molecule has 8 nitrogen and oxygen atoms in total. The first kappa shape index (κ1) is 22.5. The molecule has 2 heterocycles. The maximum atomic E-state index is 5.61. The molecule has 0 aliphatic rings. The summed E-state index contributed by atoms with van der Waals surface area (Å²) >= 11 is 0. The molecule has 2 aromatic carbocycles. The van der Waals surface area contributed by atoms with E-state index in [1.165, 1.54) is 11.9 Å². The third-order valence-corrected chi connectivity index (χ3v) is 4.59. The molecule has 160 valence electrons. The Morgan fingerprint density at radius 3 is 2.61 bits per heavy atom. The van der Waals surface area contributed by atoms with Gasteiger partial charge in [-0.05, 0) is 30.7 Å². The molecule has 9 heteroatoms. The Morgan fingerprint density at radius 1 is 1.06 bits per heavy atom. The number of aliphatic imine (C=N–C) groups is 1. The van der Waals surface area contributed by atoms with E-state index in [-0.39, 0.29) is 24.0 Å². The van der Waals surface area contributed by atoms with Crippen LogP contribution in [0.15, 0.2) is 70.5 Å². The van der Waals surface area contributed by atoms with Gasteiger partial charge in [0.25, 0.3) is 0 Å². The summed E-state index contributed by atoms with van der Waals surface area (Å²) in [4.78, 5) is 13.0. The Bertz CT molecular complexity index is 1120. The molecule has 4 rings (SSSR count). The fourth-order valence-electron chi connectivity index (χ4n) is 2.97. The number of hydrogen-bond donors (Lipinski definition) is 3. The van der Waals surface area contributed by atoms with E-state index in [1.807, 2.05) is 42.5 Å². The maximum absolute atomic E-state index is 5.61. The number of hydrogen-bond acceptors (Lipinski definition) is 5. The number of aryl methyl sites for hydroxylation is 1. The van der Waals surface area contributed by atoms with Crippen LogP contribution in [0.5, 0.6) is 0 Å². The summed E-state index contributed by atoms with van der Waals surface area (Å²) in [7, 11) is 1.74. The summed E-state index contributed by atoms with van der Waals surface area (Å²) in [6.07, 6.45) is 3.16. The van der Waals surface area contributed by atoms with Gasteiger partial charge < -0.3 is 15.1 Å². The minimum Gasteiger partial charge on any atom is -0.444 e. The first-order valence-corrected chi connectivity index (χ1v) is 9.62. The minimum atomic E-state index is 0. The summed E-state index contributed by atoms with van der Waals surface area (Å²) in [5.41, 5.74) is 5.06. The monoisotopic (exact) mass is 529 g/mol. The van der Waals surface area contributed by atoms with E-state index in [0.29, 0.717) is 24.9 Å². The van der Waals surface area contributed by atoms with Crippen molar-refractivity contribution in [2.24, 2.45) is 4.99 Å². The zero-order valence-corrected chi connectivity index (χ0v) is 19.6. The maximum Gasteiger partial charge on any atom is 0.226 e. The molecular formula is C22H24IN7O. The van der Waals surface area contributed by atoms with E-state index in [4.69, 9.17) is 4.42 Å². The molecule has 0 radical (unpaired) electrons. The van der Waals surface area contributed by atoms with Crippen LogP contribution in [0.4, 0.5) is 0 Å². The molecular weight excluding hydrogens is 505 g/mol. The van der Waals surface area contributed by atoms with E-state index < -0.39 is 0 Å². The Kier molecular flexibility index (Phi) is 7.76. The molecule has 0 fully saturated rings. The van der Waals surface area contributed by atoms with Crippen molar-refractivity contribution in [1.82, 2.24) is 30.8 Å². The molecule has 0 bridgehead atoms. The largest absolute Gasteiger partial charge is 0.444 e. The lowest BCUT2D eigenvalue weighted by atomic mass is 10.1. The van der Waals surface area contributed by atoms with Gasteiger partial charge in [-0.1, -0.05) is 35.9 Å². The van der Waals surface area contributed by atoms with Crippen LogP contribution in [-0.4, -0.2) is 33.2 Å². The van der Waals surface area contributed by atoms with Crippen molar-refractivity contribution in [2.75, 3.05) is 7.05 Å². The number of aromatic nitrogens is 4. The van der Waals surface area contributed by atoms with Crippen molar-refractivity contribution < 1.29 is 4.42 Å². The average Bonchev–Trinajstić information content (AvgIpc) is 3.47. The summed E-state index contributed by atoms with van der Waals surface area (Å²) in [6, 6.07) is 16.2. The number of guanidine groups is 1. The van der Waals surface area contributed by atoms with Crippen LogP contribution < -0.4 is 10.6 Å². The second kappa shape index (κ2) is 10.7. The second-order valence-corrected chi connectivity index (χ2v) is 6.82. The quantitative estimate of drug-likeness (QED) is 0.199. The Morgan fingerprint density at radius 2 is 1.87 bits per heavy atom. The minimum absolute atomic E-state index is 0. The van der Waals surface area contributed by atoms with Crippen molar-refractivity contribution in [3.05, 3.63) is 77.9 Å². The lowest BCUT2D eigenvalue weighted by molar-refractivity contribution is 0.572. The molecule has 0 aliphatic heterocycles. The Balaban J connectivity index is 0.00000272. The van der Waals surface area contributed by atoms with Gasteiger partial charge in [0.05, 0.1) is 12.2 Å². The van der Waals surface area contributed by atoms with Crippen molar-refractivity contribution in [3.63, 3.8) is 0 Å². The van der Waals surface area contributed by atoms with Crippen LogP contribution >= 0.6 is 24.0 Å². The van der Waals surface area contributed by atoms with Gasteiger partial charge >= 0.3 is 0 Å². The lowest BCUT2D eigenvalue weighted by Crippen LogP contribution is -2.36. The number of benzene rings is 2. The van der Waals surface area contributed by atoms with Gasteiger partial charge in [-0.15, -0.1) is 24.0 Å². The highest BCUT2D eigenvalue weighted by atomic mass is 127. The van der Waals surface area contributed by atoms with Gasteiger partial charge in [0.2, 0.25) is 5.89 Å². The number of halogens is 1. The molecule has 2 aromatic heterocycles. The summed E-state index contributed by atoms with van der Waals surface area (Å²) in [6.45, 7) is 3.18. The highest BCUT2D eigenvalue weighted by molar-refractivity contribution is 14.0. The van der Waals surface area contributed by atoms with Crippen LogP contribution in [0.3, 0.4) is 0 Å². The molecule has 0 atom stereocenters. The van der Waals surface area contributed by atoms with Crippen LogP contribution in [0.25, 0.3) is 22.8 Å². The average molecular weight is 529 g/mol. The van der Waals surface area contributed by atoms with E-state index in [9.17, 15) is 0 Å². The SMILES string of the molecule is CN=C(NCc1cccc(-c2ncn[nH]2)c1)NCc1coc(-c2ccc(C)cc2)n1.I. The summed E-state index contributed by atoms with van der Waals surface area (Å²) < 4.78 is 5.61. The third-order valence-electron chi connectivity index (χ3n) is 4.59. The Labute approximate surface area is 197 Å². The van der Waals surface area contributed by atoms with Gasteiger partial charge in [0, 0.05) is 24.7 Å². The highest BCUT2D eigenvalue weighted by Crippen LogP contribution is 2.19. The second-order valence-electron chi connectivity index (χ2n) is 6.82. The molecule has 3 N–H and O–H groups in total. The van der Waals surface area contributed by atoms with Gasteiger partial charge in [-0.2, -0.15) is 5.10 Å². The smallest absolute Gasteiger partial charge is 0.226 e. The topological polar surface area (TPSA) is 104 Å². The number of oxazole rings is 1. The van der Waals surface area contributed by atoms with Crippen molar-refractivity contribution in [2.45, 2.75) is 20.0 Å². The van der Waals surface area contributed by atoms with Crippen LogP contribution in [-0.2, 0) is 13.1 Å². The predicted octanol–water partition coefficient (Wildman–Crippen LogP) is 3.92. The number of aromatic amines is 1. The zero-order chi connectivity index (χ0) is 20.8. The fraction of sp³-hybridized carbons (Fsp3) is 0.182. The van der Waals surface area contributed by atoms with Gasteiger partial charge in [-0.3, -0.25) is 10.1 Å². The predicted molar refractivity (Wildman–Crippen MR) is 131 cm³/mol.